The van der Waals surface area contributed by atoms with Crippen LogP contribution in [0.4, 0.5) is 22.0 Å². The first-order valence-corrected chi connectivity index (χ1v) is 11.3. The van der Waals surface area contributed by atoms with Crippen LogP contribution in [-0.2, 0) is 4.74 Å². The van der Waals surface area contributed by atoms with Gasteiger partial charge < -0.3 is 4.74 Å². The van der Waals surface area contributed by atoms with Gasteiger partial charge in [-0.05, 0) is 73.9 Å². The average molecular weight is 460 g/mol. The molecule has 4 rings (SSSR count). The first-order valence-electron chi connectivity index (χ1n) is 11.3. The fourth-order valence-electron chi connectivity index (χ4n) is 4.75. The molecule has 1 aliphatic heterocycles. The highest BCUT2D eigenvalue weighted by Crippen LogP contribution is 2.35. The zero-order valence-electron chi connectivity index (χ0n) is 18.4. The van der Waals surface area contributed by atoms with E-state index in [0.717, 1.165) is 50.7 Å². The third-order valence-electron chi connectivity index (χ3n) is 6.61. The van der Waals surface area contributed by atoms with E-state index in [2.05, 4.69) is 18.8 Å². The molecule has 174 valence electrons. The Labute approximate surface area is 190 Å². The van der Waals surface area contributed by atoms with Crippen molar-refractivity contribution in [2.24, 2.45) is 17.8 Å². The third kappa shape index (κ3) is 5.87. The summed E-state index contributed by atoms with van der Waals surface area (Å²) >= 11 is 0. The lowest BCUT2D eigenvalue weighted by molar-refractivity contribution is -0.0696. The minimum Gasteiger partial charge on any atom is -0.378 e. The predicted octanol–water partition coefficient (Wildman–Crippen LogP) is 7.00. The quantitative estimate of drug-likeness (QED) is 0.329. The number of alkyl halides is 3. The maximum Gasteiger partial charge on any atom is 0.458 e. The van der Waals surface area contributed by atoms with Gasteiger partial charge in [-0.15, -0.1) is 0 Å². The number of hydrogen-bond donors (Lipinski definition) is 0. The molecule has 2 atom stereocenters. The van der Waals surface area contributed by atoms with Crippen LogP contribution < -0.4 is 0 Å². The van der Waals surface area contributed by atoms with Gasteiger partial charge in [0.15, 0.2) is 0 Å². The molecule has 2 aromatic rings. The molecule has 2 aromatic carbocycles. The van der Waals surface area contributed by atoms with Crippen molar-refractivity contribution in [2.75, 3.05) is 6.61 Å². The molecule has 0 N–H and O–H groups in total. The maximum atomic E-state index is 14.6. The fraction of sp³-hybridized carbons (Fsp3) is 0.481. The van der Waals surface area contributed by atoms with Crippen LogP contribution >= 0.6 is 0 Å². The minimum absolute atomic E-state index is 0.00994. The van der Waals surface area contributed by atoms with Gasteiger partial charge in [0.2, 0.25) is 0 Å². The number of ether oxygens (including phenoxy) is 1. The molecule has 1 saturated heterocycles. The van der Waals surface area contributed by atoms with Gasteiger partial charge in [-0.3, -0.25) is 0 Å². The van der Waals surface area contributed by atoms with Gasteiger partial charge in [0.25, 0.3) is 0 Å². The highest BCUT2D eigenvalue weighted by Gasteiger charge is 2.30. The van der Waals surface area contributed by atoms with Crippen molar-refractivity contribution >= 4 is 10.8 Å². The predicted molar refractivity (Wildman–Crippen MR) is 117 cm³/mol. The lowest BCUT2D eigenvalue weighted by atomic mass is 9.77. The zero-order chi connectivity index (χ0) is 23.6. The maximum absolute atomic E-state index is 14.6. The summed E-state index contributed by atoms with van der Waals surface area (Å²) < 4.78 is 71.7. The highest BCUT2D eigenvalue weighted by molar-refractivity contribution is 5.86. The number of rotatable bonds is 1. The molecule has 0 aromatic heterocycles. The third-order valence-corrected chi connectivity index (χ3v) is 6.61. The first-order chi connectivity index (χ1) is 15.7. The molecule has 1 nitrogen and oxygen atoms in total. The monoisotopic (exact) mass is 460 g/mol. The van der Waals surface area contributed by atoms with Crippen molar-refractivity contribution in [1.82, 2.24) is 0 Å². The van der Waals surface area contributed by atoms with Gasteiger partial charge in [0.05, 0.1) is 11.7 Å². The number of fused-ring (bicyclic) bond motifs is 1. The van der Waals surface area contributed by atoms with Gasteiger partial charge in [-0.25, -0.2) is 8.78 Å². The zero-order valence-corrected chi connectivity index (χ0v) is 18.4. The molecule has 2 fully saturated rings. The van der Waals surface area contributed by atoms with Crippen LogP contribution in [0, 0.1) is 53.1 Å². The molecule has 6 heteroatoms. The lowest BCUT2D eigenvalue weighted by Crippen LogP contribution is -2.33. The number of benzene rings is 2. The lowest BCUT2D eigenvalue weighted by Gasteiger charge is -2.36. The Morgan fingerprint density at radius 3 is 2.36 bits per heavy atom. The molecule has 1 aliphatic carbocycles. The molecule has 0 radical (unpaired) electrons. The largest absolute Gasteiger partial charge is 0.458 e. The van der Waals surface area contributed by atoms with E-state index in [9.17, 15) is 22.0 Å². The van der Waals surface area contributed by atoms with Crippen LogP contribution in [0.3, 0.4) is 0 Å². The minimum atomic E-state index is -4.82. The van der Waals surface area contributed by atoms with Gasteiger partial charge in [-0.1, -0.05) is 30.8 Å². The van der Waals surface area contributed by atoms with Crippen molar-refractivity contribution in [2.45, 2.75) is 57.7 Å². The van der Waals surface area contributed by atoms with Crippen LogP contribution in [0.5, 0.6) is 0 Å². The summed E-state index contributed by atoms with van der Waals surface area (Å²) in [6, 6.07) is 5.56. The first kappa shape index (κ1) is 23.6. The molecule has 33 heavy (non-hydrogen) atoms. The fourth-order valence-corrected chi connectivity index (χ4v) is 4.75. The normalized spacial score (nSPS) is 25.6. The Morgan fingerprint density at radius 1 is 0.939 bits per heavy atom. The Hall–Kier alpha value is -2.57. The van der Waals surface area contributed by atoms with E-state index in [0.29, 0.717) is 23.5 Å². The molecule has 2 aliphatic rings. The summed E-state index contributed by atoms with van der Waals surface area (Å²) in [4.78, 5) is 0. The second-order valence-electron chi connectivity index (χ2n) is 9.17. The summed E-state index contributed by atoms with van der Waals surface area (Å²) in [6.45, 7) is 3.07. The van der Waals surface area contributed by atoms with Crippen molar-refractivity contribution in [1.29, 1.82) is 0 Å². The molecule has 1 heterocycles. The second kappa shape index (κ2) is 9.74. The summed E-state index contributed by atoms with van der Waals surface area (Å²) in [5, 5.41) is 0.248. The number of halogens is 5. The van der Waals surface area contributed by atoms with Gasteiger partial charge in [0, 0.05) is 29.4 Å². The van der Waals surface area contributed by atoms with Crippen molar-refractivity contribution in [3.05, 3.63) is 47.0 Å². The van der Waals surface area contributed by atoms with Crippen LogP contribution in [0.1, 0.15) is 56.6 Å². The summed E-state index contributed by atoms with van der Waals surface area (Å²) in [5.74, 6) is 8.16. The summed E-state index contributed by atoms with van der Waals surface area (Å²) in [6.07, 6.45) is 2.10. The van der Waals surface area contributed by atoms with E-state index >= 15 is 0 Å². The van der Waals surface area contributed by atoms with Crippen LogP contribution in [0.2, 0.25) is 0 Å². The van der Waals surface area contributed by atoms with Crippen LogP contribution in [0.25, 0.3) is 10.8 Å². The molecular formula is C27H25F5O. The summed E-state index contributed by atoms with van der Waals surface area (Å²) in [7, 11) is 0. The highest BCUT2D eigenvalue weighted by atomic mass is 19.4. The second-order valence-corrected chi connectivity index (χ2v) is 9.17. The van der Waals surface area contributed by atoms with E-state index in [-0.39, 0.29) is 16.7 Å². The standard InChI is InChI=1S/C27H25F5O/c1-17-2-11-25(33-16-17)20-8-5-18(6-9-20)3-4-19-7-10-22-21(14-19)15-24(28)23(26(22)29)12-13-27(30,31)32/h7,10,14-15,17-18,20,25H,2,5-6,8-9,11,16H2,1H3. The number of hydrogen-bond acceptors (Lipinski definition) is 1. The van der Waals surface area contributed by atoms with E-state index in [1.807, 2.05) is 0 Å². The van der Waals surface area contributed by atoms with Gasteiger partial charge in [0.1, 0.15) is 11.6 Å². The Bertz CT molecular complexity index is 1130. The van der Waals surface area contributed by atoms with E-state index < -0.39 is 23.4 Å². The molecule has 0 bridgehead atoms. The molecule has 0 spiro atoms. The molecule has 1 saturated carbocycles. The van der Waals surface area contributed by atoms with Gasteiger partial charge in [-0.2, -0.15) is 13.2 Å². The van der Waals surface area contributed by atoms with Crippen LogP contribution in [-0.4, -0.2) is 18.9 Å². The topological polar surface area (TPSA) is 9.23 Å². The van der Waals surface area contributed by atoms with Crippen molar-refractivity contribution in [3.63, 3.8) is 0 Å². The van der Waals surface area contributed by atoms with Crippen molar-refractivity contribution in [3.8, 4) is 23.7 Å². The molecular weight excluding hydrogens is 435 g/mol. The van der Waals surface area contributed by atoms with Gasteiger partial charge >= 0.3 is 6.18 Å². The molecule has 0 amide bonds. The van der Waals surface area contributed by atoms with Crippen LogP contribution in [0.15, 0.2) is 24.3 Å². The van der Waals surface area contributed by atoms with E-state index in [1.54, 1.807) is 18.1 Å². The Morgan fingerprint density at radius 2 is 1.70 bits per heavy atom. The van der Waals surface area contributed by atoms with Crippen molar-refractivity contribution < 1.29 is 26.7 Å². The van der Waals surface area contributed by atoms with E-state index in [1.165, 1.54) is 12.5 Å². The SMILES string of the molecule is CC1CCC(C2CCC(C#Cc3ccc4c(F)c(C#CC(F)(F)F)c(F)cc4c3)CC2)OC1. The average Bonchev–Trinajstić information content (AvgIpc) is 2.77. The Kier molecular flexibility index (Phi) is 6.96. The Balaban J connectivity index is 1.44. The smallest absolute Gasteiger partial charge is 0.378 e. The summed E-state index contributed by atoms with van der Waals surface area (Å²) in [5.41, 5.74) is -0.269. The van der Waals surface area contributed by atoms with E-state index in [4.69, 9.17) is 4.74 Å². The molecule has 2 unspecified atom stereocenters.